The van der Waals surface area contributed by atoms with E-state index in [1.165, 1.54) is 0 Å². The zero-order chi connectivity index (χ0) is 23.8. The number of carbonyl (C=O) groups is 1. The zero-order valence-corrected chi connectivity index (χ0v) is 20.2. The average molecular weight is 474 g/mol. The molecule has 0 bridgehead atoms. The number of rotatable bonds is 6. The molecule has 2 aromatic heterocycles. The first kappa shape index (κ1) is 22.4. The number of benzene rings is 2. The normalized spacial score (nSPS) is 13.3. The number of pyridine rings is 1. The smallest absolute Gasteiger partial charge is 0.257 e. The fourth-order valence-corrected chi connectivity index (χ4v) is 4.74. The van der Waals surface area contributed by atoms with Crippen molar-refractivity contribution in [3.8, 4) is 11.6 Å². The largest absolute Gasteiger partial charge is 0.496 e. The van der Waals surface area contributed by atoms with Crippen LogP contribution in [0.4, 0.5) is 0 Å². The lowest BCUT2D eigenvalue weighted by molar-refractivity contribution is 0.0743. The topological polar surface area (TPSA) is 56.6 Å². The number of nitrogens with zero attached hydrogens (tertiary/aromatic N) is 3. The SMILES string of the molecule is Bc1cc2ccn3c2c(c1Cl)C(=O)N(Cc1c(OC)cc(C)nc1OCc1ccccc1)CC3. The van der Waals surface area contributed by atoms with Crippen LogP contribution in [0.25, 0.3) is 10.9 Å². The molecule has 172 valence electrons. The second-order valence-electron chi connectivity index (χ2n) is 8.58. The fraction of sp³-hybridized carbons (Fsp3) is 0.231. The molecule has 0 unspecified atom stereocenters. The highest BCUT2D eigenvalue weighted by Gasteiger charge is 2.29. The van der Waals surface area contributed by atoms with Crippen LogP contribution in [0.5, 0.6) is 11.6 Å². The summed E-state index contributed by atoms with van der Waals surface area (Å²) in [5.74, 6) is 1.01. The minimum Gasteiger partial charge on any atom is -0.496 e. The third kappa shape index (κ3) is 4.01. The Morgan fingerprint density at radius 1 is 1.15 bits per heavy atom. The maximum absolute atomic E-state index is 13.8. The molecule has 1 aliphatic heterocycles. The highest BCUT2D eigenvalue weighted by Crippen LogP contribution is 2.33. The third-order valence-corrected chi connectivity index (χ3v) is 6.73. The van der Waals surface area contributed by atoms with Gasteiger partial charge in [-0.05, 0) is 23.9 Å². The fourth-order valence-electron chi connectivity index (χ4n) is 4.52. The number of ether oxygens (including phenoxy) is 2. The lowest BCUT2D eigenvalue weighted by Crippen LogP contribution is -2.32. The molecule has 0 atom stereocenters. The monoisotopic (exact) mass is 473 g/mol. The number of aromatic nitrogens is 2. The number of hydrogen-bond acceptors (Lipinski definition) is 4. The first-order chi connectivity index (χ1) is 16.5. The van der Waals surface area contributed by atoms with E-state index >= 15 is 0 Å². The van der Waals surface area contributed by atoms with E-state index in [2.05, 4.69) is 9.55 Å². The first-order valence-corrected chi connectivity index (χ1v) is 11.6. The third-order valence-electron chi connectivity index (χ3n) is 6.24. The van der Waals surface area contributed by atoms with Gasteiger partial charge in [-0.15, -0.1) is 0 Å². The molecule has 0 aliphatic carbocycles. The van der Waals surface area contributed by atoms with Crippen molar-refractivity contribution in [1.82, 2.24) is 14.5 Å². The van der Waals surface area contributed by atoms with Crippen LogP contribution in [0.15, 0.2) is 54.7 Å². The molecule has 5 rings (SSSR count). The van der Waals surface area contributed by atoms with Crippen LogP contribution in [-0.2, 0) is 19.7 Å². The molecule has 1 aliphatic rings. The van der Waals surface area contributed by atoms with Crippen LogP contribution in [-0.4, -0.2) is 41.9 Å². The summed E-state index contributed by atoms with van der Waals surface area (Å²) in [6, 6.07) is 15.9. The van der Waals surface area contributed by atoms with Crippen molar-refractivity contribution < 1.29 is 14.3 Å². The van der Waals surface area contributed by atoms with Crippen molar-refractivity contribution in [2.45, 2.75) is 26.6 Å². The van der Waals surface area contributed by atoms with Crippen molar-refractivity contribution in [2.24, 2.45) is 0 Å². The number of carbonyl (C=O) groups excluding carboxylic acids is 1. The van der Waals surface area contributed by atoms with Crippen LogP contribution >= 0.6 is 11.6 Å². The summed E-state index contributed by atoms with van der Waals surface area (Å²) >= 11 is 6.68. The van der Waals surface area contributed by atoms with Crippen LogP contribution in [0.3, 0.4) is 0 Å². The molecule has 0 saturated carbocycles. The van der Waals surface area contributed by atoms with E-state index in [9.17, 15) is 4.79 Å². The highest BCUT2D eigenvalue weighted by molar-refractivity contribution is 6.48. The maximum Gasteiger partial charge on any atom is 0.257 e. The van der Waals surface area contributed by atoms with E-state index in [1.807, 2.05) is 69.5 Å². The van der Waals surface area contributed by atoms with Gasteiger partial charge in [-0.3, -0.25) is 4.79 Å². The summed E-state index contributed by atoms with van der Waals surface area (Å²) < 4.78 is 13.9. The molecule has 1 amide bonds. The number of halogens is 1. The van der Waals surface area contributed by atoms with Crippen molar-refractivity contribution >= 4 is 41.7 Å². The Kier molecular flexibility index (Phi) is 5.96. The summed E-state index contributed by atoms with van der Waals surface area (Å²) in [5.41, 5.74) is 4.88. The van der Waals surface area contributed by atoms with Gasteiger partial charge >= 0.3 is 0 Å². The van der Waals surface area contributed by atoms with Gasteiger partial charge in [-0.1, -0.05) is 53.5 Å². The molecule has 0 saturated heterocycles. The van der Waals surface area contributed by atoms with Gasteiger partial charge in [0.25, 0.3) is 5.91 Å². The molecule has 3 heterocycles. The molecule has 0 N–H and O–H groups in total. The van der Waals surface area contributed by atoms with E-state index in [0.29, 0.717) is 48.5 Å². The van der Waals surface area contributed by atoms with Crippen LogP contribution in [0.2, 0.25) is 5.02 Å². The summed E-state index contributed by atoms with van der Waals surface area (Å²) in [4.78, 5) is 20.2. The van der Waals surface area contributed by atoms with Crippen LogP contribution in [0.1, 0.15) is 27.2 Å². The Morgan fingerprint density at radius 3 is 2.71 bits per heavy atom. The van der Waals surface area contributed by atoms with Gasteiger partial charge < -0.3 is 18.9 Å². The molecular formula is C26H25BClN3O3. The number of amides is 1. The van der Waals surface area contributed by atoms with E-state index < -0.39 is 0 Å². The minimum atomic E-state index is -0.104. The van der Waals surface area contributed by atoms with Crippen molar-refractivity contribution in [3.05, 3.63) is 82.1 Å². The van der Waals surface area contributed by atoms with E-state index in [4.69, 9.17) is 21.1 Å². The van der Waals surface area contributed by atoms with Gasteiger partial charge in [0.2, 0.25) is 5.88 Å². The van der Waals surface area contributed by atoms with Crippen molar-refractivity contribution in [3.63, 3.8) is 0 Å². The minimum absolute atomic E-state index is 0.104. The molecular weight excluding hydrogens is 449 g/mol. The standard InChI is InChI=1S/C26H25BClN3O3/c1-16-12-21(33-2)19(25(29-16)34-15-17-6-4-3-5-7-17)14-31-11-10-30-9-8-18-13-20(27)23(28)22(24(18)30)26(31)32/h3-9,12-13H,10-11,14-15,27H2,1-2H3. The second-order valence-corrected chi connectivity index (χ2v) is 8.96. The van der Waals surface area contributed by atoms with E-state index in [-0.39, 0.29) is 5.91 Å². The highest BCUT2D eigenvalue weighted by atomic mass is 35.5. The van der Waals surface area contributed by atoms with Crippen molar-refractivity contribution in [2.75, 3.05) is 13.7 Å². The van der Waals surface area contributed by atoms with Gasteiger partial charge in [0, 0.05) is 36.1 Å². The molecule has 0 fully saturated rings. The summed E-state index contributed by atoms with van der Waals surface area (Å²) in [7, 11) is 3.55. The molecule has 6 nitrogen and oxygen atoms in total. The predicted molar refractivity (Wildman–Crippen MR) is 136 cm³/mol. The summed E-state index contributed by atoms with van der Waals surface area (Å²) in [5, 5.41) is 1.52. The van der Waals surface area contributed by atoms with Gasteiger partial charge in [0.05, 0.1) is 30.3 Å². The Labute approximate surface area is 204 Å². The molecule has 0 radical (unpaired) electrons. The van der Waals surface area contributed by atoms with E-state index in [0.717, 1.165) is 33.2 Å². The van der Waals surface area contributed by atoms with Crippen LogP contribution < -0.4 is 14.9 Å². The molecule has 2 aromatic carbocycles. The number of hydrogen-bond donors (Lipinski definition) is 0. The van der Waals surface area contributed by atoms with E-state index in [1.54, 1.807) is 12.0 Å². The van der Waals surface area contributed by atoms with Crippen LogP contribution in [0, 0.1) is 6.92 Å². The molecule has 8 heteroatoms. The Balaban J connectivity index is 1.51. The van der Waals surface area contributed by atoms with Gasteiger partial charge in [0.15, 0.2) is 0 Å². The molecule has 4 aromatic rings. The Morgan fingerprint density at radius 2 is 1.94 bits per heavy atom. The second kappa shape index (κ2) is 9.07. The first-order valence-electron chi connectivity index (χ1n) is 11.2. The lowest BCUT2D eigenvalue weighted by atomic mass is 9.92. The number of methoxy groups -OCH3 is 1. The summed E-state index contributed by atoms with van der Waals surface area (Å²) in [6.45, 7) is 3.77. The zero-order valence-electron chi connectivity index (χ0n) is 19.5. The van der Waals surface area contributed by atoms with Gasteiger partial charge in [0.1, 0.15) is 20.2 Å². The average Bonchev–Trinajstić information content (AvgIpc) is 3.17. The molecule has 0 spiro atoms. The Bertz CT molecular complexity index is 1390. The maximum atomic E-state index is 13.8. The lowest BCUT2D eigenvalue weighted by Gasteiger charge is -2.24. The Hall–Kier alpha value is -3.45. The van der Waals surface area contributed by atoms with Gasteiger partial charge in [-0.2, -0.15) is 0 Å². The van der Waals surface area contributed by atoms with Crippen molar-refractivity contribution in [1.29, 1.82) is 0 Å². The quantitative estimate of drug-likeness (QED) is 0.402. The number of aryl methyl sites for hydroxylation is 1. The molecule has 34 heavy (non-hydrogen) atoms. The van der Waals surface area contributed by atoms with Gasteiger partial charge in [-0.25, -0.2) is 4.98 Å². The summed E-state index contributed by atoms with van der Waals surface area (Å²) in [6.07, 6.45) is 2.02. The predicted octanol–water partition coefficient (Wildman–Crippen LogP) is 3.50.